The molecule has 0 saturated heterocycles. The number of unbranched alkanes of at least 4 members (excludes halogenated alkanes) is 1. The molecule has 1 aromatic heterocycles. The molecule has 0 spiro atoms. The first-order valence-corrected chi connectivity index (χ1v) is 11.2. The van der Waals surface area contributed by atoms with E-state index >= 15 is 0 Å². The van der Waals surface area contributed by atoms with Crippen LogP contribution < -0.4 is 9.64 Å². The molecule has 0 amide bonds. The fraction of sp³-hybridized carbons (Fsp3) is 0.346. The van der Waals surface area contributed by atoms with E-state index < -0.39 is 5.97 Å². The third-order valence-electron chi connectivity index (χ3n) is 6.15. The summed E-state index contributed by atoms with van der Waals surface area (Å²) in [6, 6.07) is 16.6. The number of carboxylic acid groups (broad SMARTS) is 1. The van der Waals surface area contributed by atoms with Crippen molar-refractivity contribution in [1.82, 2.24) is 9.78 Å². The van der Waals surface area contributed by atoms with Gasteiger partial charge in [-0.25, -0.2) is 4.68 Å². The van der Waals surface area contributed by atoms with Crippen LogP contribution >= 0.6 is 0 Å². The van der Waals surface area contributed by atoms with E-state index in [1.807, 2.05) is 35.9 Å². The smallest absolute Gasteiger partial charge is 0.303 e. The van der Waals surface area contributed by atoms with E-state index in [1.165, 1.54) is 16.7 Å². The number of aromatic nitrogens is 2. The number of aliphatic carboxylic acids is 1. The molecule has 2 heterocycles. The highest BCUT2D eigenvalue weighted by atomic mass is 16.5. The number of ether oxygens (including phenoxy) is 1. The van der Waals surface area contributed by atoms with Crippen molar-refractivity contribution in [3.8, 4) is 17.5 Å². The molecular weight excluding hydrogens is 416 g/mol. The number of aryl methyl sites for hydroxylation is 2. The summed E-state index contributed by atoms with van der Waals surface area (Å²) < 4.78 is 7.13. The average molecular weight is 445 g/mol. The van der Waals surface area contributed by atoms with E-state index in [9.17, 15) is 10.1 Å². The largest absolute Gasteiger partial charge is 0.497 e. The lowest BCUT2D eigenvalue weighted by atomic mass is 9.95. The van der Waals surface area contributed by atoms with Crippen molar-refractivity contribution in [2.24, 2.45) is 0 Å². The van der Waals surface area contributed by atoms with Gasteiger partial charge < -0.3 is 14.7 Å². The van der Waals surface area contributed by atoms with Gasteiger partial charge in [0.2, 0.25) is 0 Å². The Morgan fingerprint density at radius 2 is 1.97 bits per heavy atom. The van der Waals surface area contributed by atoms with Crippen molar-refractivity contribution in [2.45, 2.75) is 45.6 Å². The second kappa shape index (κ2) is 9.78. The van der Waals surface area contributed by atoms with Crippen LogP contribution in [0.1, 0.15) is 47.2 Å². The minimum absolute atomic E-state index is 0.225. The number of nitrogens with zero attached hydrogens (tertiary/aromatic N) is 4. The molecule has 0 radical (unpaired) electrons. The zero-order chi connectivity index (χ0) is 23.4. The highest BCUT2D eigenvalue weighted by molar-refractivity contribution is 5.66. The molecule has 0 saturated carbocycles. The minimum atomic E-state index is -0.735. The summed E-state index contributed by atoms with van der Waals surface area (Å²) in [5.41, 5.74) is 6.03. The highest BCUT2D eigenvalue weighted by Crippen LogP contribution is 2.32. The van der Waals surface area contributed by atoms with Gasteiger partial charge in [-0.3, -0.25) is 4.79 Å². The zero-order valence-electron chi connectivity index (χ0n) is 19.0. The van der Waals surface area contributed by atoms with Gasteiger partial charge in [-0.05, 0) is 73.6 Å². The fourth-order valence-corrected chi connectivity index (χ4v) is 4.39. The third kappa shape index (κ3) is 4.85. The zero-order valence-corrected chi connectivity index (χ0v) is 19.0. The summed E-state index contributed by atoms with van der Waals surface area (Å²) in [6.07, 6.45) is 3.58. The van der Waals surface area contributed by atoms with Crippen molar-refractivity contribution in [1.29, 1.82) is 5.26 Å². The molecule has 7 heteroatoms. The molecule has 0 atom stereocenters. The first-order valence-electron chi connectivity index (χ1n) is 11.2. The van der Waals surface area contributed by atoms with Gasteiger partial charge in [0.25, 0.3) is 0 Å². The van der Waals surface area contributed by atoms with Crippen molar-refractivity contribution in [3.05, 3.63) is 70.4 Å². The Balaban J connectivity index is 1.56. The number of methoxy groups -OCH3 is 1. The maximum Gasteiger partial charge on any atom is 0.303 e. The van der Waals surface area contributed by atoms with Crippen molar-refractivity contribution in [3.63, 3.8) is 0 Å². The summed E-state index contributed by atoms with van der Waals surface area (Å²) in [5.74, 6) is 0.861. The molecule has 1 aliphatic heterocycles. The SMILES string of the molecule is COc1ccc(-n2nc(C)c(C#N)c2N2CCc3cc(CCCCC(=O)O)ccc3C2)cc1. The van der Waals surface area contributed by atoms with E-state index in [0.717, 1.165) is 43.1 Å². The first-order chi connectivity index (χ1) is 16.0. The number of hydrogen-bond acceptors (Lipinski definition) is 5. The third-order valence-corrected chi connectivity index (χ3v) is 6.15. The normalized spacial score (nSPS) is 12.8. The van der Waals surface area contributed by atoms with Gasteiger partial charge in [0, 0.05) is 19.5 Å². The lowest BCUT2D eigenvalue weighted by Crippen LogP contribution is -2.32. The van der Waals surface area contributed by atoms with Crippen LogP contribution in [0.4, 0.5) is 5.82 Å². The van der Waals surface area contributed by atoms with Gasteiger partial charge >= 0.3 is 5.97 Å². The Kier molecular flexibility index (Phi) is 6.64. The standard InChI is InChI=1S/C26H28N4O3/c1-18-24(16-27)26(30(28-18)22-9-11-23(33-2)12-10-22)29-14-13-20-15-19(7-8-21(20)17-29)5-3-4-6-25(31)32/h7-12,15H,3-6,13-14,17H2,1-2H3,(H,31,32). The lowest BCUT2D eigenvalue weighted by molar-refractivity contribution is -0.137. The number of anilines is 1. The van der Waals surface area contributed by atoms with Crippen molar-refractivity contribution >= 4 is 11.8 Å². The van der Waals surface area contributed by atoms with Gasteiger partial charge in [0.05, 0.1) is 18.5 Å². The number of nitriles is 1. The summed E-state index contributed by atoms with van der Waals surface area (Å²) in [7, 11) is 1.64. The number of fused-ring (bicyclic) bond motifs is 1. The van der Waals surface area contributed by atoms with Crippen molar-refractivity contribution < 1.29 is 14.6 Å². The van der Waals surface area contributed by atoms with Crippen LogP contribution in [0.5, 0.6) is 5.75 Å². The predicted molar refractivity (Wildman–Crippen MR) is 126 cm³/mol. The number of carbonyl (C=O) groups is 1. The number of benzene rings is 2. The lowest BCUT2D eigenvalue weighted by Gasteiger charge is -2.31. The minimum Gasteiger partial charge on any atom is -0.497 e. The number of rotatable bonds is 8. The van der Waals surface area contributed by atoms with Crippen LogP contribution in [-0.2, 0) is 24.2 Å². The molecule has 7 nitrogen and oxygen atoms in total. The summed E-state index contributed by atoms with van der Waals surface area (Å²) in [6.45, 7) is 3.38. The number of carboxylic acids is 1. The maximum absolute atomic E-state index is 10.7. The van der Waals surface area contributed by atoms with Crippen LogP contribution in [0, 0.1) is 18.3 Å². The van der Waals surface area contributed by atoms with Gasteiger partial charge in [0.15, 0.2) is 5.82 Å². The Bertz CT molecular complexity index is 1190. The average Bonchev–Trinajstić information content (AvgIpc) is 3.17. The Hall–Kier alpha value is -3.79. The monoisotopic (exact) mass is 444 g/mol. The van der Waals surface area contributed by atoms with Gasteiger partial charge in [-0.1, -0.05) is 18.2 Å². The molecule has 0 unspecified atom stereocenters. The molecule has 3 aromatic rings. The quantitative estimate of drug-likeness (QED) is 0.517. The van der Waals surface area contributed by atoms with Crippen LogP contribution in [0.3, 0.4) is 0 Å². The van der Waals surface area contributed by atoms with Crippen LogP contribution in [-0.4, -0.2) is 34.5 Å². The topological polar surface area (TPSA) is 91.4 Å². The molecule has 2 aromatic carbocycles. The van der Waals surface area contributed by atoms with E-state index in [1.54, 1.807) is 7.11 Å². The maximum atomic E-state index is 10.7. The molecule has 0 bridgehead atoms. The Labute approximate surface area is 193 Å². The molecular formula is C26H28N4O3. The Morgan fingerprint density at radius 3 is 2.67 bits per heavy atom. The van der Waals surface area contributed by atoms with Gasteiger partial charge in [0.1, 0.15) is 17.4 Å². The van der Waals surface area contributed by atoms with Crippen LogP contribution in [0.15, 0.2) is 42.5 Å². The van der Waals surface area contributed by atoms with Crippen LogP contribution in [0.2, 0.25) is 0 Å². The van der Waals surface area contributed by atoms with E-state index in [4.69, 9.17) is 9.84 Å². The number of hydrogen-bond donors (Lipinski definition) is 1. The molecule has 1 N–H and O–H groups in total. The molecule has 4 rings (SSSR count). The predicted octanol–water partition coefficient (Wildman–Crippen LogP) is 4.42. The summed E-state index contributed by atoms with van der Waals surface area (Å²) in [5, 5.41) is 23.3. The summed E-state index contributed by atoms with van der Waals surface area (Å²) in [4.78, 5) is 12.9. The summed E-state index contributed by atoms with van der Waals surface area (Å²) >= 11 is 0. The molecule has 33 heavy (non-hydrogen) atoms. The second-order valence-corrected chi connectivity index (χ2v) is 8.38. The van der Waals surface area contributed by atoms with E-state index in [2.05, 4.69) is 34.3 Å². The van der Waals surface area contributed by atoms with Gasteiger partial charge in [-0.15, -0.1) is 0 Å². The van der Waals surface area contributed by atoms with E-state index in [-0.39, 0.29) is 6.42 Å². The molecule has 1 aliphatic rings. The molecule has 0 aliphatic carbocycles. The molecule has 170 valence electrons. The van der Waals surface area contributed by atoms with E-state index in [0.29, 0.717) is 24.2 Å². The second-order valence-electron chi connectivity index (χ2n) is 8.38. The first kappa shape index (κ1) is 22.4. The Morgan fingerprint density at radius 1 is 1.18 bits per heavy atom. The fourth-order valence-electron chi connectivity index (χ4n) is 4.39. The van der Waals surface area contributed by atoms with Crippen LogP contribution in [0.25, 0.3) is 5.69 Å². The molecule has 0 fully saturated rings. The van der Waals surface area contributed by atoms with Gasteiger partial charge in [-0.2, -0.15) is 10.4 Å². The highest BCUT2D eigenvalue weighted by Gasteiger charge is 2.25. The van der Waals surface area contributed by atoms with Crippen molar-refractivity contribution in [2.75, 3.05) is 18.6 Å².